The zero-order chi connectivity index (χ0) is 19.9. The van der Waals surface area contributed by atoms with Crippen LogP contribution in [0.15, 0.2) is 84.9 Å². The molecule has 1 fully saturated rings. The Kier molecular flexibility index (Phi) is 4.46. The van der Waals surface area contributed by atoms with Crippen LogP contribution in [0, 0.1) is 0 Å². The fraction of sp³-hybridized carbons (Fsp3) is 0.286. The van der Waals surface area contributed by atoms with Crippen LogP contribution in [0.4, 0.5) is 0 Å². The Morgan fingerprint density at radius 3 is 2.20 bits per heavy atom. The molecule has 2 aliphatic heterocycles. The van der Waals surface area contributed by atoms with E-state index in [9.17, 15) is 0 Å². The van der Waals surface area contributed by atoms with E-state index in [0.717, 1.165) is 6.54 Å². The van der Waals surface area contributed by atoms with Crippen molar-refractivity contribution < 1.29 is 0 Å². The fourth-order valence-electron chi connectivity index (χ4n) is 5.98. The van der Waals surface area contributed by atoms with Gasteiger partial charge in [0, 0.05) is 41.0 Å². The SMILES string of the molecule is c1ccc(C(CCN2C3CCC2c2c([nH]c4ccccc24)C3)c2ccccc2)cc1. The maximum atomic E-state index is 3.73. The quantitative estimate of drug-likeness (QED) is 0.413. The highest BCUT2D eigenvalue weighted by Gasteiger charge is 2.41. The molecule has 1 saturated heterocycles. The van der Waals surface area contributed by atoms with Crippen LogP contribution in [0.3, 0.4) is 0 Å². The third kappa shape index (κ3) is 2.98. The van der Waals surface area contributed by atoms with Crippen molar-refractivity contribution in [2.24, 2.45) is 0 Å². The van der Waals surface area contributed by atoms with E-state index in [1.807, 2.05) is 0 Å². The van der Waals surface area contributed by atoms with Crippen LogP contribution in [-0.4, -0.2) is 22.5 Å². The lowest BCUT2D eigenvalue weighted by Crippen LogP contribution is -2.38. The average Bonchev–Trinajstić information content (AvgIpc) is 3.31. The largest absolute Gasteiger partial charge is 0.358 e. The van der Waals surface area contributed by atoms with Gasteiger partial charge in [-0.25, -0.2) is 0 Å². The summed E-state index contributed by atoms with van der Waals surface area (Å²) in [5.74, 6) is 0.455. The first kappa shape index (κ1) is 18.0. The Morgan fingerprint density at radius 1 is 0.800 bits per heavy atom. The van der Waals surface area contributed by atoms with Crippen molar-refractivity contribution in [3.63, 3.8) is 0 Å². The second kappa shape index (κ2) is 7.45. The second-order valence-electron chi connectivity index (χ2n) is 8.91. The van der Waals surface area contributed by atoms with Crippen LogP contribution in [0.25, 0.3) is 10.9 Å². The van der Waals surface area contributed by atoms with Gasteiger partial charge < -0.3 is 4.98 Å². The second-order valence-corrected chi connectivity index (χ2v) is 8.91. The van der Waals surface area contributed by atoms with Crippen LogP contribution >= 0.6 is 0 Å². The fourth-order valence-corrected chi connectivity index (χ4v) is 5.98. The molecule has 1 N–H and O–H groups in total. The highest BCUT2D eigenvalue weighted by molar-refractivity contribution is 5.85. The van der Waals surface area contributed by atoms with Gasteiger partial charge in [0.05, 0.1) is 0 Å². The third-order valence-electron chi connectivity index (χ3n) is 7.32. The Hall–Kier alpha value is -2.84. The number of nitrogens with zero attached hydrogens (tertiary/aromatic N) is 1. The lowest BCUT2D eigenvalue weighted by molar-refractivity contribution is 0.173. The number of hydrogen-bond acceptors (Lipinski definition) is 1. The molecule has 2 nitrogen and oxygen atoms in total. The molecular formula is C28H28N2. The van der Waals surface area contributed by atoms with Crippen molar-refractivity contribution >= 4 is 10.9 Å². The summed E-state index contributed by atoms with van der Waals surface area (Å²) in [7, 11) is 0. The summed E-state index contributed by atoms with van der Waals surface area (Å²) >= 11 is 0. The van der Waals surface area contributed by atoms with Crippen LogP contribution in [-0.2, 0) is 6.42 Å². The van der Waals surface area contributed by atoms with Crippen LogP contribution in [0.5, 0.6) is 0 Å². The number of rotatable bonds is 5. The highest BCUT2D eigenvalue weighted by Crippen LogP contribution is 2.47. The smallest absolute Gasteiger partial charge is 0.0459 e. The van der Waals surface area contributed by atoms with Crippen LogP contribution in [0.2, 0.25) is 0 Å². The lowest BCUT2D eigenvalue weighted by Gasteiger charge is -2.36. The van der Waals surface area contributed by atoms with Gasteiger partial charge in [-0.2, -0.15) is 0 Å². The van der Waals surface area contributed by atoms with E-state index in [4.69, 9.17) is 0 Å². The van der Waals surface area contributed by atoms with Crippen molar-refractivity contribution in [2.45, 2.75) is 43.7 Å². The first-order valence-corrected chi connectivity index (χ1v) is 11.3. The van der Waals surface area contributed by atoms with E-state index in [1.165, 1.54) is 53.4 Å². The zero-order valence-corrected chi connectivity index (χ0v) is 17.3. The average molecular weight is 393 g/mol. The number of fused-ring (bicyclic) bond motifs is 6. The Morgan fingerprint density at radius 2 is 1.47 bits per heavy atom. The zero-order valence-electron chi connectivity index (χ0n) is 17.3. The van der Waals surface area contributed by atoms with Crippen molar-refractivity contribution in [1.82, 2.24) is 9.88 Å². The molecule has 0 aliphatic carbocycles. The normalized spacial score (nSPS) is 20.7. The number of hydrogen-bond donors (Lipinski definition) is 1. The Labute approximate surface area is 178 Å². The predicted molar refractivity (Wildman–Crippen MR) is 124 cm³/mol. The molecule has 30 heavy (non-hydrogen) atoms. The van der Waals surface area contributed by atoms with E-state index in [-0.39, 0.29) is 0 Å². The van der Waals surface area contributed by atoms with E-state index < -0.39 is 0 Å². The molecule has 2 unspecified atom stereocenters. The topological polar surface area (TPSA) is 19.0 Å². The summed E-state index contributed by atoms with van der Waals surface area (Å²) in [5.41, 5.74) is 7.24. The predicted octanol–water partition coefficient (Wildman–Crippen LogP) is 6.45. The van der Waals surface area contributed by atoms with Crippen LogP contribution < -0.4 is 0 Å². The molecule has 0 amide bonds. The first-order chi connectivity index (χ1) is 14.9. The molecule has 3 aromatic carbocycles. The molecule has 4 aromatic rings. The van der Waals surface area contributed by atoms with Crippen molar-refractivity contribution in [3.8, 4) is 0 Å². The van der Waals surface area contributed by atoms with Gasteiger partial charge in [-0.1, -0.05) is 78.9 Å². The van der Waals surface area contributed by atoms with Gasteiger partial charge in [-0.15, -0.1) is 0 Å². The molecule has 0 saturated carbocycles. The van der Waals surface area contributed by atoms with E-state index in [2.05, 4.69) is 94.8 Å². The molecule has 150 valence electrons. The van der Waals surface area contributed by atoms with Crippen molar-refractivity contribution in [3.05, 3.63) is 107 Å². The molecule has 2 heteroatoms. The molecular weight excluding hydrogens is 364 g/mol. The summed E-state index contributed by atoms with van der Waals surface area (Å²) in [6.45, 7) is 1.16. The van der Waals surface area contributed by atoms with Gasteiger partial charge >= 0.3 is 0 Å². The lowest BCUT2D eigenvalue weighted by atomic mass is 9.87. The number of H-pyrrole nitrogens is 1. The van der Waals surface area contributed by atoms with Crippen molar-refractivity contribution in [1.29, 1.82) is 0 Å². The van der Waals surface area contributed by atoms with Gasteiger partial charge in [0.15, 0.2) is 0 Å². The number of aromatic amines is 1. The van der Waals surface area contributed by atoms with Crippen LogP contribution in [0.1, 0.15) is 53.6 Å². The van der Waals surface area contributed by atoms with Crippen molar-refractivity contribution in [2.75, 3.05) is 6.54 Å². The number of aromatic nitrogens is 1. The Balaban J connectivity index is 1.30. The summed E-state index contributed by atoms with van der Waals surface area (Å²) in [6, 6.07) is 32.2. The molecule has 6 rings (SSSR count). The number of para-hydroxylation sites is 1. The molecule has 0 spiro atoms. The van der Waals surface area contributed by atoms with Gasteiger partial charge in [-0.3, -0.25) is 4.90 Å². The van der Waals surface area contributed by atoms with E-state index in [1.54, 1.807) is 5.56 Å². The Bertz CT molecular complexity index is 1110. The highest BCUT2D eigenvalue weighted by atomic mass is 15.2. The van der Waals surface area contributed by atoms with Gasteiger partial charge in [-0.05, 0) is 48.6 Å². The van der Waals surface area contributed by atoms with Gasteiger partial charge in [0.2, 0.25) is 0 Å². The molecule has 3 heterocycles. The number of benzene rings is 3. The first-order valence-electron chi connectivity index (χ1n) is 11.3. The molecule has 1 aromatic heterocycles. The minimum Gasteiger partial charge on any atom is -0.358 e. The minimum absolute atomic E-state index is 0.455. The van der Waals surface area contributed by atoms with E-state index in [0.29, 0.717) is 18.0 Å². The minimum atomic E-state index is 0.455. The molecule has 2 aliphatic rings. The summed E-state index contributed by atoms with van der Waals surface area (Å²) < 4.78 is 0. The number of nitrogens with one attached hydrogen (secondary N) is 1. The molecule has 0 radical (unpaired) electrons. The molecule has 2 bridgehead atoms. The summed E-state index contributed by atoms with van der Waals surface area (Å²) in [4.78, 5) is 6.55. The molecule has 2 atom stereocenters. The maximum Gasteiger partial charge on any atom is 0.0459 e. The van der Waals surface area contributed by atoms with Gasteiger partial charge in [0.1, 0.15) is 0 Å². The third-order valence-corrected chi connectivity index (χ3v) is 7.32. The standard InChI is InChI=1S/C28H28N2/c1-3-9-20(10-4-1)23(21-11-5-2-6-12-21)17-18-30-22-15-16-27(30)28-24-13-7-8-14-25(24)29-26(28)19-22/h1-14,22-23,27,29H,15-19H2. The van der Waals surface area contributed by atoms with Gasteiger partial charge in [0.25, 0.3) is 0 Å². The van der Waals surface area contributed by atoms with E-state index >= 15 is 0 Å². The maximum absolute atomic E-state index is 3.73. The summed E-state index contributed by atoms with van der Waals surface area (Å²) in [6.07, 6.45) is 4.95. The monoisotopic (exact) mass is 392 g/mol. The summed E-state index contributed by atoms with van der Waals surface area (Å²) in [5, 5.41) is 1.44.